The van der Waals surface area contributed by atoms with Crippen LogP contribution in [-0.4, -0.2) is 17.7 Å². The Morgan fingerprint density at radius 3 is 3.00 bits per heavy atom. The number of aliphatic imine (C=N–C) groups is 1. The lowest BCUT2D eigenvalue weighted by Crippen LogP contribution is -2.34. The normalized spacial score (nSPS) is 18.2. The van der Waals surface area contributed by atoms with Crippen LogP contribution in [-0.2, 0) is 11.2 Å². The van der Waals surface area contributed by atoms with Gasteiger partial charge in [-0.05, 0) is 73.1 Å². The number of nitrogens with one attached hydrogen (secondary N) is 1. The van der Waals surface area contributed by atoms with Crippen LogP contribution in [0.1, 0.15) is 55.2 Å². The monoisotopic (exact) mass is 474 g/mol. The van der Waals surface area contributed by atoms with Gasteiger partial charge in [-0.2, -0.15) is 0 Å². The van der Waals surface area contributed by atoms with Gasteiger partial charge in [-0.1, -0.05) is 60.5 Å². The lowest BCUT2D eigenvalue weighted by atomic mass is 9.89. The van der Waals surface area contributed by atoms with Gasteiger partial charge < -0.3 is 5.32 Å². The minimum absolute atomic E-state index is 0.0408. The van der Waals surface area contributed by atoms with Crippen molar-refractivity contribution in [3.05, 3.63) is 106 Å². The molecule has 1 N–H and O–H groups in total. The summed E-state index contributed by atoms with van der Waals surface area (Å²) in [4.78, 5) is 17.3. The van der Waals surface area contributed by atoms with E-state index in [4.69, 9.17) is 16.6 Å². The van der Waals surface area contributed by atoms with Gasteiger partial charge in [0.2, 0.25) is 5.91 Å². The number of carbonyl (C=O) groups excluding carboxylic acids is 1. The molecule has 2 aliphatic rings. The van der Waals surface area contributed by atoms with E-state index < -0.39 is 5.82 Å². The molecule has 1 amide bonds. The second kappa shape index (κ2) is 11.8. The van der Waals surface area contributed by atoms with Crippen molar-refractivity contribution in [3.63, 3.8) is 0 Å². The van der Waals surface area contributed by atoms with E-state index in [2.05, 4.69) is 41.4 Å². The number of allylic oxidation sites excluding steroid dienone is 2. The van der Waals surface area contributed by atoms with Crippen molar-refractivity contribution in [1.29, 1.82) is 0 Å². The van der Waals surface area contributed by atoms with Crippen molar-refractivity contribution in [2.75, 3.05) is 0 Å². The number of hydrogen-bond donors (Lipinski definition) is 1. The van der Waals surface area contributed by atoms with Crippen molar-refractivity contribution in [3.8, 4) is 0 Å². The molecule has 0 spiro atoms. The molecule has 2 aromatic rings. The molecule has 0 aromatic heterocycles. The van der Waals surface area contributed by atoms with E-state index in [9.17, 15) is 9.18 Å². The highest BCUT2D eigenvalue weighted by atomic mass is 35.5. The molecule has 2 aromatic carbocycles. The summed E-state index contributed by atoms with van der Waals surface area (Å²) < 4.78 is 13.5. The first kappa shape index (κ1) is 23.9. The molecule has 174 valence electrons. The number of halogens is 2. The van der Waals surface area contributed by atoms with Gasteiger partial charge in [0.15, 0.2) is 0 Å². The molecule has 1 aliphatic heterocycles. The first-order valence-corrected chi connectivity index (χ1v) is 12.1. The molecule has 1 unspecified atom stereocenters. The smallest absolute Gasteiger partial charge is 0.224 e. The molecule has 5 heteroatoms. The van der Waals surface area contributed by atoms with Crippen molar-refractivity contribution in [2.24, 2.45) is 4.99 Å². The quantitative estimate of drug-likeness (QED) is 0.467. The third-order valence-corrected chi connectivity index (χ3v) is 6.26. The lowest BCUT2D eigenvalue weighted by molar-refractivity contribution is -0.121. The average molecular weight is 475 g/mol. The molecule has 4 rings (SSSR count). The zero-order valence-electron chi connectivity index (χ0n) is 19.1. The van der Waals surface area contributed by atoms with Gasteiger partial charge >= 0.3 is 0 Å². The maximum atomic E-state index is 13.5. The van der Waals surface area contributed by atoms with Gasteiger partial charge in [0, 0.05) is 23.0 Å². The number of carbonyl (C=O) groups is 1. The summed E-state index contributed by atoms with van der Waals surface area (Å²) in [6, 6.07) is 12.8. The van der Waals surface area contributed by atoms with Crippen molar-refractivity contribution in [2.45, 2.75) is 51.0 Å². The predicted molar refractivity (Wildman–Crippen MR) is 137 cm³/mol. The van der Waals surface area contributed by atoms with Crippen molar-refractivity contribution < 1.29 is 9.18 Å². The molecule has 0 bridgehead atoms. The third kappa shape index (κ3) is 6.66. The number of rotatable bonds is 5. The molecule has 1 atom stereocenters. The van der Waals surface area contributed by atoms with Crippen LogP contribution in [0.3, 0.4) is 0 Å². The molecule has 0 radical (unpaired) electrons. The maximum absolute atomic E-state index is 13.5. The Labute approximate surface area is 205 Å². The van der Waals surface area contributed by atoms with Crippen LogP contribution >= 0.6 is 11.6 Å². The Kier molecular flexibility index (Phi) is 8.30. The number of amides is 1. The zero-order valence-corrected chi connectivity index (χ0v) is 19.8. The molecule has 0 saturated heterocycles. The highest BCUT2D eigenvalue weighted by Crippen LogP contribution is 2.25. The van der Waals surface area contributed by atoms with Crippen molar-refractivity contribution in [1.82, 2.24) is 5.32 Å². The molecular formula is C29H28ClFN2O. The lowest BCUT2D eigenvalue weighted by Gasteiger charge is -2.22. The molecule has 0 saturated carbocycles. The van der Waals surface area contributed by atoms with E-state index in [1.165, 1.54) is 28.8 Å². The van der Waals surface area contributed by atoms with Crippen LogP contribution in [0.25, 0.3) is 6.08 Å². The van der Waals surface area contributed by atoms with Crippen LogP contribution < -0.4 is 5.32 Å². The largest absolute Gasteiger partial charge is 0.353 e. The summed E-state index contributed by atoms with van der Waals surface area (Å²) >= 11 is 5.89. The minimum Gasteiger partial charge on any atom is -0.353 e. The van der Waals surface area contributed by atoms with E-state index in [0.29, 0.717) is 10.6 Å². The number of nitrogens with zero attached hydrogens (tertiary/aromatic N) is 1. The molecule has 0 fully saturated rings. The first-order chi connectivity index (χ1) is 16.6. The number of benzene rings is 2. The Morgan fingerprint density at radius 1 is 1.24 bits per heavy atom. The van der Waals surface area contributed by atoms with E-state index in [1.54, 1.807) is 24.4 Å². The third-order valence-electron chi connectivity index (χ3n) is 6.05. The summed E-state index contributed by atoms with van der Waals surface area (Å²) in [5.41, 5.74) is 8.45. The van der Waals surface area contributed by atoms with E-state index in [1.807, 2.05) is 6.08 Å². The minimum atomic E-state index is -0.392. The van der Waals surface area contributed by atoms with E-state index >= 15 is 0 Å². The van der Waals surface area contributed by atoms with Crippen molar-refractivity contribution >= 4 is 29.3 Å². The number of hydrogen-bond acceptors (Lipinski definition) is 2. The second-order valence-corrected chi connectivity index (χ2v) is 9.06. The zero-order chi connectivity index (χ0) is 23.8. The van der Waals surface area contributed by atoms with E-state index in [-0.39, 0.29) is 18.4 Å². The SMILES string of the molecule is O=C(CC=Cc1cc(F)cc(Cl)c1)NC1CC=C(C2=NC=C=CCc3ccccc32)CCCC1. The maximum Gasteiger partial charge on any atom is 0.224 e. The molecule has 34 heavy (non-hydrogen) atoms. The Balaban J connectivity index is 1.42. The van der Waals surface area contributed by atoms with Gasteiger partial charge in [0.05, 0.1) is 11.9 Å². The molecule has 3 nitrogen and oxygen atoms in total. The summed E-state index contributed by atoms with van der Waals surface area (Å²) in [5, 5.41) is 3.50. The molecule has 1 aliphatic carbocycles. The van der Waals surface area contributed by atoms with Crippen LogP contribution in [0.4, 0.5) is 4.39 Å². The van der Waals surface area contributed by atoms with Crippen LogP contribution in [0.2, 0.25) is 5.02 Å². The van der Waals surface area contributed by atoms with Crippen LogP contribution in [0, 0.1) is 5.82 Å². The second-order valence-electron chi connectivity index (χ2n) is 8.62. The van der Waals surface area contributed by atoms with Gasteiger partial charge in [-0.15, -0.1) is 5.73 Å². The summed E-state index contributed by atoms with van der Waals surface area (Å²) in [6.07, 6.45) is 15.3. The fourth-order valence-corrected chi connectivity index (χ4v) is 4.63. The summed E-state index contributed by atoms with van der Waals surface area (Å²) in [5.74, 6) is -0.433. The summed E-state index contributed by atoms with van der Waals surface area (Å²) in [7, 11) is 0. The van der Waals surface area contributed by atoms with Crippen LogP contribution in [0.5, 0.6) is 0 Å². The first-order valence-electron chi connectivity index (χ1n) is 11.8. The van der Waals surface area contributed by atoms with Crippen LogP contribution in [0.15, 0.2) is 83.2 Å². The van der Waals surface area contributed by atoms with Gasteiger partial charge in [0.1, 0.15) is 5.82 Å². The Hall–Kier alpha value is -3.20. The molecular weight excluding hydrogens is 447 g/mol. The van der Waals surface area contributed by atoms with Gasteiger partial charge in [-0.3, -0.25) is 4.79 Å². The average Bonchev–Trinajstić information content (AvgIpc) is 2.77. The highest BCUT2D eigenvalue weighted by molar-refractivity contribution is 6.30. The van der Waals surface area contributed by atoms with Gasteiger partial charge in [-0.25, -0.2) is 9.38 Å². The molecule has 1 heterocycles. The highest BCUT2D eigenvalue weighted by Gasteiger charge is 2.18. The Morgan fingerprint density at radius 2 is 2.12 bits per heavy atom. The fraction of sp³-hybridized carbons (Fsp3) is 0.276. The number of fused-ring (bicyclic) bond motifs is 1. The van der Waals surface area contributed by atoms with E-state index in [0.717, 1.165) is 44.2 Å². The predicted octanol–water partition coefficient (Wildman–Crippen LogP) is 6.97. The Bertz CT molecular complexity index is 1180. The topological polar surface area (TPSA) is 41.5 Å². The fourth-order valence-electron chi connectivity index (χ4n) is 4.39. The summed E-state index contributed by atoms with van der Waals surface area (Å²) in [6.45, 7) is 0. The standard InChI is InChI=1S/C29H28ClFN2O/c30-24-18-21(19-25(31)20-24)8-7-14-28(34)33-26-12-3-1-11-23(15-16-26)29-27-13-4-2-9-22(27)10-5-6-17-32-29/h2,4-5,7-9,13,15,17-20,26H,1,3,10-12,14,16H2,(H,33,34). The van der Waals surface area contributed by atoms with Gasteiger partial charge in [0.25, 0.3) is 0 Å².